The molecule has 1 fully saturated rings. The van der Waals surface area contributed by atoms with E-state index in [1.807, 2.05) is 18.2 Å². The van der Waals surface area contributed by atoms with Crippen LogP contribution < -0.4 is 10.6 Å². The van der Waals surface area contributed by atoms with E-state index in [0.717, 1.165) is 11.4 Å². The van der Waals surface area contributed by atoms with Crippen molar-refractivity contribution in [3.05, 3.63) is 60.2 Å². The number of piperazine rings is 1. The minimum absolute atomic E-state index is 0.336. The molecule has 0 saturated carbocycles. The Morgan fingerprint density at radius 2 is 1.54 bits per heavy atom. The Balaban J connectivity index is 1.62. The lowest BCUT2D eigenvalue weighted by molar-refractivity contribution is -0.146. The maximum atomic E-state index is 12.7. The first-order valence-corrected chi connectivity index (χ1v) is 9.21. The average Bonchev–Trinajstić information content (AvgIpc) is 2.70. The van der Waals surface area contributed by atoms with E-state index in [4.69, 9.17) is 5.73 Å². The number of carbonyl (C=O) groups excluding carboxylic acids is 3. The van der Waals surface area contributed by atoms with E-state index in [9.17, 15) is 14.4 Å². The number of nitrogens with zero attached hydrogens (tertiary/aromatic N) is 3. The van der Waals surface area contributed by atoms with Crippen molar-refractivity contribution in [2.24, 2.45) is 0 Å². The van der Waals surface area contributed by atoms with Gasteiger partial charge < -0.3 is 10.6 Å². The van der Waals surface area contributed by atoms with Crippen LogP contribution in [0.5, 0.6) is 0 Å². The Labute approximate surface area is 164 Å². The molecule has 3 rings (SSSR count). The molecule has 1 saturated heterocycles. The molecule has 7 nitrogen and oxygen atoms in total. The van der Waals surface area contributed by atoms with Crippen LogP contribution in [-0.4, -0.2) is 53.7 Å². The highest BCUT2D eigenvalue weighted by atomic mass is 16.2. The second-order valence-electron chi connectivity index (χ2n) is 6.81. The SMILES string of the molecule is CC(=O)N(C(=O)C(=O)N1CCN(Cc2ccccc2)CC1)c1ccc(N)cc1. The fourth-order valence-corrected chi connectivity index (χ4v) is 3.25. The van der Waals surface area contributed by atoms with Gasteiger partial charge in [-0.2, -0.15) is 0 Å². The van der Waals surface area contributed by atoms with Crippen LogP contribution in [0.15, 0.2) is 54.6 Å². The van der Waals surface area contributed by atoms with E-state index in [1.54, 1.807) is 24.3 Å². The predicted octanol–water partition coefficient (Wildman–Crippen LogP) is 1.49. The van der Waals surface area contributed by atoms with E-state index >= 15 is 0 Å². The molecule has 0 atom stereocenters. The van der Waals surface area contributed by atoms with Crippen molar-refractivity contribution in [2.75, 3.05) is 36.8 Å². The van der Waals surface area contributed by atoms with Crippen molar-refractivity contribution in [2.45, 2.75) is 13.5 Å². The smallest absolute Gasteiger partial charge is 0.323 e. The van der Waals surface area contributed by atoms with Crippen LogP contribution >= 0.6 is 0 Å². The van der Waals surface area contributed by atoms with Crippen LogP contribution in [0.3, 0.4) is 0 Å². The third-order valence-electron chi connectivity index (χ3n) is 4.76. The first-order valence-electron chi connectivity index (χ1n) is 9.21. The number of anilines is 2. The molecule has 1 aliphatic heterocycles. The minimum atomic E-state index is -0.839. The predicted molar refractivity (Wildman–Crippen MR) is 107 cm³/mol. The third-order valence-corrected chi connectivity index (χ3v) is 4.76. The Hall–Kier alpha value is -3.19. The molecule has 0 aromatic heterocycles. The van der Waals surface area contributed by atoms with Gasteiger partial charge >= 0.3 is 11.8 Å². The fourth-order valence-electron chi connectivity index (χ4n) is 3.25. The number of hydrogen-bond donors (Lipinski definition) is 1. The molecule has 0 unspecified atom stereocenters. The van der Waals surface area contributed by atoms with E-state index < -0.39 is 17.7 Å². The zero-order chi connectivity index (χ0) is 20.1. The molecule has 0 radical (unpaired) electrons. The monoisotopic (exact) mass is 380 g/mol. The number of benzene rings is 2. The minimum Gasteiger partial charge on any atom is -0.399 e. The summed E-state index contributed by atoms with van der Waals surface area (Å²) in [5, 5.41) is 0. The number of amides is 3. The zero-order valence-corrected chi connectivity index (χ0v) is 15.9. The normalized spacial score (nSPS) is 14.5. The lowest BCUT2D eigenvalue weighted by atomic mass is 10.2. The van der Waals surface area contributed by atoms with Crippen LogP contribution in [-0.2, 0) is 20.9 Å². The molecule has 7 heteroatoms. The zero-order valence-electron chi connectivity index (χ0n) is 15.9. The van der Waals surface area contributed by atoms with E-state index in [0.29, 0.717) is 37.6 Å². The van der Waals surface area contributed by atoms with Crippen LogP contribution in [0, 0.1) is 0 Å². The second-order valence-corrected chi connectivity index (χ2v) is 6.81. The molecule has 0 spiro atoms. The highest BCUT2D eigenvalue weighted by molar-refractivity contribution is 6.45. The van der Waals surface area contributed by atoms with Gasteiger partial charge in [0.2, 0.25) is 5.91 Å². The summed E-state index contributed by atoms with van der Waals surface area (Å²) in [6, 6.07) is 16.4. The first-order chi connectivity index (χ1) is 13.5. The van der Waals surface area contributed by atoms with Gasteiger partial charge in [0.05, 0.1) is 5.69 Å². The number of rotatable bonds is 3. The van der Waals surface area contributed by atoms with Gasteiger partial charge in [-0.05, 0) is 29.8 Å². The molecule has 2 aromatic rings. The second kappa shape index (κ2) is 8.67. The summed E-state index contributed by atoms with van der Waals surface area (Å²) in [6.45, 7) is 4.32. The summed E-state index contributed by atoms with van der Waals surface area (Å²) in [4.78, 5) is 42.1. The summed E-state index contributed by atoms with van der Waals surface area (Å²) < 4.78 is 0. The molecule has 146 valence electrons. The van der Waals surface area contributed by atoms with Crippen LogP contribution in [0.4, 0.5) is 11.4 Å². The highest BCUT2D eigenvalue weighted by Crippen LogP contribution is 2.18. The Morgan fingerprint density at radius 3 is 2.11 bits per heavy atom. The summed E-state index contributed by atoms with van der Waals surface area (Å²) in [6.07, 6.45) is 0. The maximum Gasteiger partial charge on any atom is 0.323 e. The molecule has 1 aliphatic rings. The van der Waals surface area contributed by atoms with Gasteiger partial charge in [-0.15, -0.1) is 0 Å². The number of imide groups is 1. The summed E-state index contributed by atoms with van der Waals surface area (Å²) in [5.41, 5.74) is 7.72. The van der Waals surface area contributed by atoms with Gasteiger partial charge in [0.1, 0.15) is 0 Å². The van der Waals surface area contributed by atoms with Gasteiger partial charge in [-0.25, -0.2) is 4.90 Å². The number of carbonyl (C=O) groups is 3. The molecule has 1 heterocycles. The van der Waals surface area contributed by atoms with Crippen molar-refractivity contribution in [1.82, 2.24) is 9.80 Å². The molecular weight excluding hydrogens is 356 g/mol. The Kier molecular flexibility index (Phi) is 6.06. The topological polar surface area (TPSA) is 87.0 Å². The maximum absolute atomic E-state index is 12.7. The Morgan fingerprint density at radius 1 is 0.929 bits per heavy atom. The third kappa shape index (κ3) is 4.55. The average molecular weight is 380 g/mol. The lowest BCUT2D eigenvalue weighted by Crippen LogP contribution is -2.53. The number of nitrogens with two attached hydrogens (primary N) is 1. The van der Waals surface area contributed by atoms with Crippen molar-refractivity contribution in [3.63, 3.8) is 0 Å². The highest BCUT2D eigenvalue weighted by Gasteiger charge is 2.32. The number of hydrogen-bond acceptors (Lipinski definition) is 5. The summed E-state index contributed by atoms with van der Waals surface area (Å²) >= 11 is 0. The van der Waals surface area contributed by atoms with Crippen LogP contribution in [0.2, 0.25) is 0 Å². The molecule has 2 N–H and O–H groups in total. The lowest BCUT2D eigenvalue weighted by Gasteiger charge is -2.35. The first kappa shape index (κ1) is 19.6. The molecule has 2 aromatic carbocycles. The van der Waals surface area contributed by atoms with Gasteiger partial charge in [-0.1, -0.05) is 30.3 Å². The largest absolute Gasteiger partial charge is 0.399 e. The van der Waals surface area contributed by atoms with Crippen molar-refractivity contribution in [1.29, 1.82) is 0 Å². The summed E-state index contributed by atoms with van der Waals surface area (Å²) in [7, 11) is 0. The molecule has 3 amide bonds. The van der Waals surface area contributed by atoms with Gasteiger partial charge in [0, 0.05) is 45.3 Å². The molecule has 28 heavy (non-hydrogen) atoms. The van der Waals surface area contributed by atoms with Crippen molar-refractivity contribution < 1.29 is 14.4 Å². The van der Waals surface area contributed by atoms with Crippen LogP contribution in [0.1, 0.15) is 12.5 Å². The van der Waals surface area contributed by atoms with E-state index in [1.165, 1.54) is 17.4 Å². The van der Waals surface area contributed by atoms with Gasteiger partial charge in [-0.3, -0.25) is 19.3 Å². The van der Waals surface area contributed by atoms with Crippen LogP contribution in [0.25, 0.3) is 0 Å². The molecule has 0 aliphatic carbocycles. The molecule has 0 bridgehead atoms. The fraction of sp³-hybridized carbons (Fsp3) is 0.286. The van der Waals surface area contributed by atoms with E-state index in [-0.39, 0.29) is 0 Å². The van der Waals surface area contributed by atoms with Crippen molar-refractivity contribution in [3.8, 4) is 0 Å². The Bertz CT molecular complexity index is 844. The summed E-state index contributed by atoms with van der Waals surface area (Å²) in [5.74, 6) is -2.01. The van der Waals surface area contributed by atoms with Crippen molar-refractivity contribution >= 4 is 29.1 Å². The quantitative estimate of drug-likeness (QED) is 0.644. The van der Waals surface area contributed by atoms with E-state index in [2.05, 4.69) is 17.0 Å². The molecular formula is C21H24N4O3. The van der Waals surface area contributed by atoms with Gasteiger partial charge in [0.15, 0.2) is 0 Å². The van der Waals surface area contributed by atoms with Gasteiger partial charge in [0.25, 0.3) is 0 Å². The standard InChI is InChI=1S/C21H24N4O3/c1-16(26)25(19-9-7-18(22)8-10-19)21(28)20(27)24-13-11-23(12-14-24)15-17-5-3-2-4-6-17/h2-10H,11-15,22H2,1H3. The number of nitrogen functional groups attached to an aromatic ring is 1.